The summed E-state index contributed by atoms with van der Waals surface area (Å²) in [6.45, 7) is 0.196. The lowest BCUT2D eigenvalue weighted by Gasteiger charge is -2.09. The maximum atomic E-state index is 11.5. The Labute approximate surface area is 108 Å². The van der Waals surface area contributed by atoms with Crippen LogP contribution in [0.15, 0.2) is 22.7 Å². The van der Waals surface area contributed by atoms with Crippen molar-refractivity contribution in [3.05, 3.63) is 28.2 Å². The molecular weight excluding hydrogens is 282 g/mol. The molecule has 1 aliphatic carbocycles. The van der Waals surface area contributed by atoms with E-state index in [1.807, 2.05) is 6.07 Å². The van der Waals surface area contributed by atoms with E-state index in [0.29, 0.717) is 17.3 Å². The van der Waals surface area contributed by atoms with Crippen molar-refractivity contribution >= 4 is 27.5 Å². The predicted octanol–water partition coefficient (Wildman–Crippen LogP) is 2.01. The standard InChI is InChI=1S/C12H12BrN3O/c13-10-2-1-3-11(9(10)6-14)15-7-12(17)16-8-4-5-8/h1-3,8,15H,4-5,7H2,(H,16,17). The number of nitrogens with one attached hydrogen (secondary N) is 2. The average Bonchev–Trinajstić information content (AvgIpc) is 3.10. The van der Waals surface area contributed by atoms with Gasteiger partial charge in [-0.1, -0.05) is 6.07 Å². The Morgan fingerprint density at radius 1 is 1.53 bits per heavy atom. The molecule has 1 amide bonds. The van der Waals surface area contributed by atoms with Gasteiger partial charge >= 0.3 is 0 Å². The lowest BCUT2D eigenvalue weighted by molar-refractivity contribution is -0.119. The number of carbonyl (C=O) groups excluding carboxylic acids is 1. The molecule has 17 heavy (non-hydrogen) atoms. The van der Waals surface area contributed by atoms with Gasteiger partial charge in [0.1, 0.15) is 6.07 Å². The number of rotatable bonds is 4. The van der Waals surface area contributed by atoms with Gasteiger partial charge in [0.25, 0.3) is 0 Å². The van der Waals surface area contributed by atoms with Crippen LogP contribution in [-0.2, 0) is 4.79 Å². The van der Waals surface area contributed by atoms with Gasteiger partial charge in [0, 0.05) is 10.5 Å². The van der Waals surface area contributed by atoms with Crippen molar-refractivity contribution in [2.75, 3.05) is 11.9 Å². The van der Waals surface area contributed by atoms with E-state index in [4.69, 9.17) is 5.26 Å². The minimum Gasteiger partial charge on any atom is -0.375 e. The number of halogens is 1. The molecule has 4 nitrogen and oxygen atoms in total. The number of carbonyl (C=O) groups is 1. The molecule has 0 radical (unpaired) electrons. The van der Waals surface area contributed by atoms with Crippen LogP contribution in [0.2, 0.25) is 0 Å². The van der Waals surface area contributed by atoms with Crippen LogP contribution in [0.3, 0.4) is 0 Å². The van der Waals surface area contributed by atoms with Crippen LogP contribution in [0.25, 0.3) is 0 Å². The molecule has 2 N–H and O–H groups in total. The van der Waals surface area contributed by atoms with E-state index in [-0.39, 0.29) is 12.5 Å². The molecule has 88 valence electrons. The largest absolute Gasteiger partial charge is 0.375 e. The summed E-state index contributed by atoms with van der Waals surface area (Å²) in [4.78, 5) is 11.5. The molecule has 1 aromatic rings. The third-order valence-corrected chi connectivity index (χ3v) is 3.17. The number of nitrogens with zero attached hydrogens (tertiary/aromatic N) is 1. The Kier molecular flexibility index (Phi) is 3.64. The van der Waals surface area contributed by atoms with Crippen molar-refractivity contribution in [1.82, 2.24) is 5.32 Å². The van der Waals surface area contributed by atoms with Gasteiger partial charge in [-0.05, 0) is 40.9 Å². The molecule has 0 aliphatic heterocycles. The summed E-state index contributed by atoms with van der Waals surface area (Å²) < 4.78 is 0.729. The number of amides is 1. The first-order valence-electron chi connectivity index (χ1n) is 5.42. The number of hydrogen-bond acceptors (Lipinski definition) is 3. The molecule has 1 aromatic carbocycles. The van der Waals surface area contributed by atoms with E-state index in [0.717, 1.165) is 17.3 Å². The molecule has 0 aromatic heterocycles. The van der Waals surface area contributed by atoms with Crippen molar-refractivity contribution in [2.24, 2.45) is 0 Å². The van der Waals surface area contributed by atoms with E-state index in [1.54, 1.807) is 12.1 Å². The highest BCUT2D eigenvalue weighted by Crippen LogP contribution is 2.23. The van der Waals surface area contributed by atoms with Crippen molar-refractivity contribution in [3.63, 3.8) is 0 Å². The molecular formula is C12H12BrN3O. The average molecular weight is 294 g/mol. The minimum absolute atomic E-state index is 0.0311. The van der Waals surface area contributed by atoms with Crippen LogP contribution in [0.5, 0.6) is 0 Å². The van der Waals surface area contributed by atoms with E-state index >= 15 is 0 Å². The molecule has 0 spiro atoms. The first-order chi connectivity index (χ1) is 8.20. The quantitative estimate of drug-likeness (QED) is 0.892. The summed E-state index contributed by atoms with van der Waals surface area (Å²) >= 11 is 3.30. The van der Waals surface area contributed by atoms with E-state index in [1.165, 1.54) is 0 Å². The molecule has 0 heterocycles. The first kappa shape index (κ1) is 11.9. The zero-order valence-electron chi connectivity index (χ0n) is 9.16. The van der Waals surface area contributed by atoms with Crippen molar-refractivity contribution in [3.8, 4) is 6.07 Å². The number of benzene rings is 1. The molecule has 1 saturated carbocycles. The Hall–Kier alpha value is -1.54. The molecule has 1 fully saturated rings. The Bertz CT molecular complexity index is 477. The first-order valence-corrected chi connectivity index (χ1v) is 6.22. The Morgan fingerprint density at radius 2 is 2.29 bits per heavy atom. The van der Waals surface area contributed by atoms with Crippen LogP contribution in [0.4, 0.5) is 5.69 Å². The summed E-state index contributed by atoms with van der Waals surface area (Å²) in [5, 5.41) is 14.9. The molecule has 0 bridgehead atoms. The monoisotopic (exact) mass is 293 g/mol. The van der Waals surface area contributed by atoms with Gasteiger partial charge in [0.15, 0.2) is 0 Å². The fourth-order valence-corrected chi connectivity index (χ4v) is 1.92. The van der Waals surface area contributed by atoms with Gasteiger partial charge in [0.05, 0.1) is 17.8 Å². The topological polar surface area (TPSA) is 64.9 Å². The van der Waals surface area contributed by atoms with Crippen molar-refractivity contribution in [2.45, 2.75) is 18.9 Å². The summed E-state index contributed by atoms with van der Waals surface area (Å²) in [5.41, 5.74) is 1.19. The second-order valence-corrected chi connectivity index (χ2v) is 4.82. The van der Waals surface area contributed by atoms with Crippen molar-refractivity contribution < 1.29 is 4.79 Å². The fourth-order valence-electron chi connectivity index (χ4n) is 1.47. The predicted molar refractivity (Wildman–Crippen MR) is 68.5 cm³/mol. The Balaban J connectivity index is 1.96. The summed E-state index contributed by atoms with van der Waals surface area (Å²) in [7, 11) is 0. The van der Waals surface area contributed by atoms with E-state index < -0.39 is 0 Å². The Morgan fingerprint density at radius 3 is 2.94 bits per heavy atom. The smallest absolute Gasteiger partial charge is 0.239 e. The molecule has 5 heteroatoms. The lowest BCUT2D eigenvalue weighted by atomic mass is 10.2. The van der Waals surface area contributed by atoms with Crippen molar-refractivity contribution in [1.29, 1.82) is 5.26 Å². The second-order valence-electron chi connectivity index (χ2n) is 3.97. The zero-order chi connectivity index (χ0) is 12.3. The van der Waals surface area contributed by atoms with Gasteiger partial charge in [-0.2, -0.15) is 5.26 Å². The second kappa shape index (κ2) is 5.19. The van der Waals surface area contributed by atoms with E-state index in [9.17, 15) is 4.79 Å². The molecule has 0 saturated heterocycles. The highest BCUT2D eigenvalue weighted by atomic mass is 79.9. The van der Waals surface area contributed by atoms with Crippen LogP contribution < -0.4 is 10.6 Å². The number of hydrogen-bond donors (Lipinski definition) is 2. The zero-order valence-corrected chi connectivity index (χ0v) is 10.8. The molecule has 1 aliphatic rings. The molecule has 2 rings (SSSR count). The third-order valence-electron chi connectivity index (χ3n) is 2.51. The van der Waals surface area contributed by atoms with E-state index in [2.05, 4.69) is 32.6 Å². The minimum atomic E-state index is -0.0311. The van der Waals surface area contributed by atoms with Gasteiger partial charge < -0.3 is 10.6 Å². The van der Waals surface area contributed by atoms with Crippen LogP contribution in [0.1, 0.15) is 18.4 Å². The maximum Gasteiger partial charge on any atom is 0.239 e. The number of anilines is 1. The molecule has 0 atom stereocenters. The summed E-state index contributed by atoms with van der Waals surface area (Å²) in [6.07, 6.45) is 2.15. The third kappa shape index (κ3) is 3.21. The normalized spacial score (nSPS) is 13.9. The highest BCUT2D eigenvalue weighted by Gasteiger charge is 2.22. The van der Waals surface area contributed by atoms with Gasteiger partial charge in [-0.15, -0.1) is 0 Å². The van der Waals surface area contributed by atoms with Crippen LogP contribution in [0, 0.1) is 11.3 Å². The van der Waals surface area contributed by atoms with Gasteiger partial charge in [-0.25, -0.2) is 0 Å². The maximum absolute atomic E-state index is 11.5. The van der Waals surface area contributed by atoms with Gasteiger partial charge in [-0.3, -0.25) is 4.79 Å². The summed E-state index contributed by atoms with van der Waals surface area (Å²) in [6, 6.07) is 7.87. The van der Waals surface area contributed by atoms with Gasteiger partial charge in [0.2, 0.25) is 5.91 Å². The lowest BCUT2D eigenvalue weighted by Crippen LogP contribution is -2.31. The van der Waals surface area contributed by atoms with Crippen LogP contribution >= 0.6 is 15.9 Å². The highest BCUT2D eigenvalue weighted by molar-refractivity contribution is 9.10. The molecule has 0 unspecified atom stereocenters. The summed E-state index contributed by atoms with van der Waals surface area (Å²) in [5.74, 6) is -0.0311. The number of nitriles is 1. The fraction of sp³-hybridized carbons (Fsp3) is 0.333. The SMILES string of the molecule is N#Cc1c(Br)cccc1NCC(=O)NC1CC1. The van der Waals surface area contributed by atoms with Crippen LogP contribution in [-0.4, -0.2) is 18.5 Å².